The van der Waals surface area contributed by atoms with E-state index in [0.717, 1.165) is 129 Å². The minimum Gasteiger partial charge on any atom is -0.341 e. The van der Waals surface area contributed by atoms with Crippen LogP contribution in [-0.4, -0.2) is 88.5 Å². The van der Waals surface area contributed by atoms with E-state index in [4.69, 9.17) is 14.5 Å². The van der Waals surface area contributed by atoms with Gasteiger partial charge >= 0.3 is 30.1 Å². The van der Waals surface area contributed by atoms with Gasteiger partial charge in [0, 0.05) is 183 Å². The highest BCUT2D eigenvalue weighted by Gasteiger charge is 2.42. The fourth-order valence-electron chi connectivity index (χ4n) is 16.6. The molecule has 14 aromatic carbocycles. The predicted octanol–water partition coefficient (Wildman–Crippen LogP) is 24.6. The molecule has 658 valence electrons. The van der Waals surface area contributed by atoms with Crippen LogP contribution >= 0.6 is 0 Å². The molecule has 0 saturated carbocycles. The number of alkyl halides is 3. The average molecular weight is 1760 g/mol. The van der Waals surface area contributed by atoms with Gasteiger partial charge in [0.15, 0.2) is 17.3 Å². The van der Waals surface area contributed by atoms with Crippen LogP contribution in [0.4, 0.5) is 13.2 Å². The molecule has 19 nitrogen and oxygen atoms in total. The Morgan fingerprint density at radius 1 is 0.265 bits per heavy atom. The van der Waals surface area contributed by atoms with Crippen LogP contribution < -0.4 is 0 Å². The number of halogens is 3. The van der Waals surface area contributed by atoms with E-state index < -0.39 is 30.1 Å². The number of nitrogens with zero attached hydrogens (tertiary/aromatic N) is 8. The lowest BCUT2D eigenvalue weighted by atomic mass is 9.97. The Kier molecular flexibility index (Phi) is 27.3. The van der Waals surface area contributed by atoms with E-state index in [1.807, 2.05) is 252 Å². The van der Waals surface area contributed by atoms with Crippen molar-refractivity contribution in [2.45, 2.75) is 102 Å². The summed E-state index contributed by atoms with van der Waals surface area (Å²) in [6.07, 6.45) is -5.12. The summed E-state index contributed by atoms with van der Waals surface area (Å²) < 4.78 is 46.1. The number of aryl methyl sites for hydroxylation is 6. The van der Waals surface area contributed by atoms with Gasteiger partial charge in [0.1, 0.15) is 11.4 Å². The molecule has 0 aliphatic rings. The summed E-state index contributed by atoms with van der Waals surface area (Å²) in [5.41, 5.74) is 21.3. The van der Waals surface area contributed by atoms with Gasteiger partial charge in [0.05, 0.1) is 17.0 Å². The van der Waals surface area contributed by atoms with E-state index in [9.17, 15) is 46.7 Å². The average Bonchev–Trinajstić information content (AvgIpc) is 1.62. The number of hydrogen-bond donors (Lipinski definition) is 0. The van der Waals surface area contributed by atoms with Crippen LogP contribution in [0.25, 0.3) is 87.2 Å². The van der Waals surface area contributed by atoms with E-state index in [0.29, 0.717) is 68.2 Å². The van der Waals surface area contributed by atoms with Gasteiger partial charge in [-0.2, -0.15) is 13.2 Å². The van der Waals surface area contributed by atoms with Crippen molar-refractivity contribution in [3.8, 4) is 0 Å². The maximum Gasteiger partial charge on any atom is 0.493 e. The van der Waals surface area contributed by atoms with Crippen LogP contribution in [0.5, 0.6) is 0 Å². The SMILES string of the molecule is CCn1c2ccc(C(=O)c3ccccc3)cc2c2cc(/C(C)=N/OC(=O)c3ccccc3)ccc21.CCn1c2ccc(C(=O)c3ccccc3C)cc2c2cc(/C(=N/OC(C)=O)c3ccccc3)ccc21.CCn1c2ccc(C(=O)c3ccccc3C)cc2c2cc(/C(C)=N/OC(=O)C(F)(F)F)ccc21.CCn1c2ccccc2c2cc(/C(=N/OC(C)=O)c3ccccc3)ccc21. The second kappa shape index (κ2) is 39.9. The van der Waals surface area contributed by atoms with E-state index >= 15 is 0 Å². The molecular weight excluding hydrogens is 1670 g/mol. The molecule has 0 aliphatic carbocycles. The third kappa shape index (κ3) is 19.3. The number of ketones is 3. The van der Waals surface area contributed by atoms with Crippen molar-refractivity contribution in [1.82, 2.24) is 18.3 Å². The van der Waals surface area contributed by atoms with E-state index in [-0.39, 0.29) is 23.1 Å². The number of carbonyl (C=O) groups excluding carboxylic acids is 7. The summed E-state index contributed by atoms with van der Waals surface area (Å²) in [6, 6.07) is 102. The first-order valence-electron chi connectivity index (χ1n) is 43.1. The summed E-state index contributed by atoms with van der Waals surface area (Å²) in [4.78, 5) is 105. The molecule has 132 heavy (non-hydrogen) atoms. The summed E-state index contributed by atoms with van der Waals surface area (Å²) in [5, 5.41) is 23.8. The number of hydrogen-bond acceptors (Lipinski definition) is 15. The van der Waals surface area contributed by atoms with Gasteiger partial charge in [-0.15, -0.1) is 0 Å². The largest absolute Gasteiger partial charge is 0.493 e. The molecule has 0 bridgehead atoms. The summed E-state index contributed by atoms with van der Waals surface area (Å²) >= 11 is 0. The third-order valence-electron chi connectivity index (χ3n) is 23.0. The molecular formula is C110H91F3N8O11. The van der Waals surface area contributed by atoms with Gasteiger partial charge in [0.2, 0.25) is 0 Å². The molecule has 4 aromatic heterocycles. The highest BCUT2D eigenvalue weighted by Crippen LogP contribution is 2.38. The van der Waals surface area contributed by atoms with Crippen molar-refractivity contribution in [3.63, 3.8) is 0 Å². The molecule has 0 amide bonds. The third-order valence-corrected chi connectivity index (χ3v) is 23.0. The highest BCUT2D eigenvalue weighted by molar-refractivity contribution is 6.22. The Labute approximate surface area is 758 Å². The standard InChI is InChI=1S/C31H26N2O3.C30H24N2O3.C26H21F3N2O3.C23H20N2O2/c1-4-33-28-16-14-23(30(32-36-21(3)34)22-11-6-5-7-12-22)18-26(28)27-19-24(15-17-29(27)33)31(35)25-13-9-8-10-20(25)2;1-3-32-27-16-14-23(20(2)31-35-30(34)22-12-8-5-9-13-22)18-25(27)26-19-24(15-17-28(26)32)29(33)21-10-6-4-7-11-21;1-4-31-22-11-9-17(16(3)30-34-25(33)26(27,28)29)13-20(22)21-14-18(10-12-23(21)31)24(32)19-8-6-5-7-15(19)2;1-3-25-21-12-8-7-11-19(21)20-15-18(13-14-22(20)25)23(24-27-16(2)26)17-9-5-4-6-10-17/h5-19H,4H2,1-3H3;4-19H,3H2,1-2H3;5-14H,4H2,1-3H3;4-15H,3H2,1-2H3/b32-30+;31-20+;30-16+;24-23+. The van der Waals surface area contributed by atoms with E-state index in [1.165, 1.54) is 37.2 Å². The lowest BCUT2D eigenvalue weighted by Gasteiger charge is -2.08. The molecule has 0 unspecified atom stereocenters. The zero-order valence-electron chi connectivity index (χ0n) is 74.1. The van der Waals surface area contributed by atoms with Gasteiger partial charge < -0.3 is 37.6 Å². The van der Waals surface area contributed by atoms with Crippen LogP contribution in [-0.2, 0) is 59.9 Å². The van der Waals surface area contributed by atoms with Crippen LogP contribution in [0.15, 0.2) is 342 Å². The second-order valence-corrected chi connectivity index (χ2v) is 31.4. The number of oxime groups is 4. The minimum absolute atomic E-state index is 0.00458. The first-order chi connectivity index (χ1) is 63.8. The Bertz CT molecular complexity index is 7650. The molecule has 0 N–H and O–H groups in total. The maximum atomic E-state index is 13.4. The topological polar surface area (TPSA) is 226 Å². The lowest BCUT2D eigenvalue weighted by molar-refractivity contribution is -0.199. The Morgan fingerprint density at radius 2 is 0.538 bits per heavy atom. The zero-order valence-corrected chi connectivity index (χ0v) is 74.1. The molecule has 0 saturated heterocycles. The quantitative estimate of drug-likeness (QED) is 0.0284. The summed E-state index contributed by atoms with van der Waals surface area (Å²) in [7, 11) is 0. The molecule has 0 atom stereocenters. The Morgan fingerprint density at radius 3 is 0.886 bits per heavy atom. The number of aromatic nitrogens is 4. The van der Waals surface area contributed by atoms with Gasteiger partial charge in [-0.1, -0.05) is 221 Å². The summed E-state index contributed by atoms with van der Waals surface area (Å²) in [6.45, 7) is 21.3. The first-order valence-corrected chi connectivity index (χ1v) is 43.1. The molecule has 18 rings (SSSR count). The fourth-order valence-corrected chi connectivity index (χ4v) is 16.6. The maximum absolute atomic E-state index is 13.4. The molecule has 0 radical (unpaired) electrons. The van der Waals surface area contributed by atoms with Crippen molar-refractivity contribution in [3.05, 3.63) is 405 Å². The number of fused-ring (bicyclic) bond motifs is 12. The predicted molar refractivity (Wildman–Crippen MR) is 516 cm³/mol. The number of carbonyl (C=O) groups is 7. The molecule has 0 aliphatic heterocycles. The normalized spacial score (nSPS) is 11.9. The second-order valence-electron chi connectivity index (χ2n) is 31.4. The molecule has 4 heterocycles. The number of para-hydroxylation sites is 1. The van der Waals surface area contributed by atoms with Gasteiger partial charge in [-0.3, -0.25) is 14.4 Å². The minimum atomic E-state index is -5.12. The highest BCUT2D eigenvalue weighted by atomic mass is 19.4. The number of rotatable bonds is 21. The molecule has 18 aromatic rings. The van der Waals surface area contributed by atoms with Gasteiger partial charge in [-0.05, 0) is 199 Å². The molecule has 22 heteroatoms. The van der Waals surface area contributed by atoms with Crippen molar-refractivity contribution >= 4 is 151 Å². The zero-order chi connectivity index (χ0) is 93.0. The van der Waals surface area contributed by atoms with Crippen molar-refractivity contribution in [1.29, 1.82) is 0 Å². The Balaban J connectivity index is 0.000000135. The van der Waals surface area contributed by atoms with Crippen LogP contribution in [0.3, 0.4) is 0 Å². The van der Waals surface area contributed by atoms with E-state index in [2.05, 4.69) is 113 Å². The van der Waals surface area contributed by atoms with E-state index in [1.54, 1.807) is 48.5 Å². The lowest BCUT2D eigenvalue weighted by Crippen LogP contribution is -2.24. The van der Waals surface area contributed by atoms with Gasteiger partial charge in [0.25, 0.3) is 0 Å². The van der Waals surface area contributed by atoms with Crippen molar-refractivity contribution in [2.24, 2.45) is 20.6 Å². The summed E-state index contributed by atoms with van der Waals surface area (Å²) in [5.74, 6) is -3.90. The van der Waals surface area contributed by atoms with Crippen molar-refractivity contribution < 1.29 is 66.1 Å². The first kappa shape index (κ1) is 90.4. The monoisotopic (exact) mass is 1760 g/mol. The van der Waals surface area contributed by atoms with Gasteiger partial charge in [-0.25, -0.2) is 19.2 Å². The Hall–Kier alpha value is -16.4. The van der Waals surface area contributed by atoms with Crippen LogP contribution in [0.2, 0.25) is 0 Å². The number of benzene rings is 14. The van der Waals surface area contributed by atoms with Crippen molar-refractivity contribution in [2.75, 3.05) is 0 Å². The molecule has 0 fully saturated rings. The van der Waals surface area contributed by atoms with Crippen LogP contribution in [0.1, 0.15) is 158 Å². The van der Waals surface area contributed by atoms with Crippen LogP contribution in [0, 0.1) is 13.8 Å². The smallest absolute Gasteiger partial charge is 0.341 e. The fraction of sp³-hybridized carbons (Fsp3) is 0.136. The molecule has 0 spiro atoms.